The smallest absolute Gasteiger partial charge is 0.408 e. The summed E-state index contributed by atoms with van der Waals surface area (Å²) in [6, 6.07) is -0.533. The fourth-order valence-corrected chi connectivity index (χ4v) is 1.85. The van der Waals surface area contributed by atoms with Crippen molar-refractivity contribution in [2.24, 2.45) is 5.92 Å². The SMILES string of the molecule is CCC(C)[C@H](NC(=O)OC(C)(C)C)C(=O)N(CC)CC. The summed E-state index contributed by atoms with van der Waals surface area (Å²) in [6.07, 6.45) is 0.274. The van der Waals surface area contributed by atoms with E-state index < -0.39 is 17.7 Å². The monoisotopic (exact) mass is 286 g/mol. The number of amides is 2. The van der Waals surface area contributed by atoms with E-state index in [9.17, 15) is 9.59 Å². The molecule has 118 valence electrons. The summed E-state index contributed by atoms with van der Waals surface area (Å²) in [5.41, 5.74) is -0.567. The number of alkyl carbamates (subject to hydrolysis) is 1. The first-order valence-corrected chi connectivity index (χ1v) is 7.44. The van der Waals surface area contributed by atoms with Gasteiger partial charge in [-0.2, -0.15) is 0 Å². The minimum atomic E-state index is -0.567. The fourth-order valence-electron chi connectivity index (χ4n) is 1.85. The Kier molecular flexibility index (Phi) is 7.61. The summed E-state index contributed by atoms with van der Waals surface area (Å²) in [5, 5.41) is 2.72. The maximum Gasteiger partial charge on any atom is 0.408 e. The second-order valence-electron chi connectivity index (χ2n) is 6.02. The third-order valence-electron chi connectivity index (χ3n) is 3.23. The van der Waals surface area contributed by atoms with Crippen LogP contribution < -0.4 is 5.32 Å². The topological polar surface area (TPSA) is 58.6 Å². The van der Waals surface area contributed by atoms with Crippen molar-refractivity contribution >= 4 is 12.0 Å². The van der Waals surface area contributed by atoms with Gasteiger partial charge in [0.1, 0.15) is 11.6 Å². The Hall–Kier alpha value is -1.26. The number of carbonyl (C=O) groups excluding carboxylic acids is 2. The molecule has 0 aromatic heterocycles. The van der Waals surface area contributed by atoms with Crippen LogP contribution in [0, 0.1) is 5.92 Å². The summed E-state index contributed by atoms with van der Waals surface area (Å²) >= 11 is 0. The van der Waals surface area contributed by atoms with Crippen LogP contribution in [0.2, 0.25) is 0 Å². The average Bonchev–Trinajstić information content (AvgIpc) is 2.34. The van der Waals surface area contributed by atoms with Gasteiger partial charge in [0.25, 0.3) is 0 Å². The van der Waals surface area contributed by atoms with E-state index in [0.29, 0.717) is 13.1 Å². The minimum Gasteiger partial charge on any atom is -0.444 e. The molecule has 0 saturated carbocycles. The lowest BCUT2D eigenvalue weighted by atomic mass is 9.98. The zero-order valence-electron chi connectivity index (χ0n) is 13.9. The van der Waals surface area contributed by atoms with E-state index in [1.54, 1.807) is 25.7 Å². The van der Waals surface area contributed by atoms with E-state index in [0.717, 1.165) is 6.42 Å². The molecule has 2 amide bonds. The molecule has 0 spiro atoms. The molecule has 0 aliphatic heterocycles. The van der Waals surface area contributed by atoms with Crippen molar-refractivity contribution in [3.63, 3.8) is 0 Å². The molecule has 0 aromatic rings. The normalized spacial score (nSPS) is 14.3. The molecule has 1 N–H and O–H groups in total. The predicted octanol–water partition coefficient (Wildman–Crippen LogP) is 2.79. The molecule has 0 aromatic carbocycles. The van der Waals surface area contributed by atoms with Gasteiger partial charge in [-0.1, -0.05) is 20.3 Å². The molecular formula is C15H30N2O3. The fraction of sp³-hybridized carbons (Fsp3) is 0.867. The number of rotatable bonds is 6. The molecule has 0 saturated heterocycles. The molecule has 2 atom stereocenters. The van der Waals surface area contributed by atoms with Crippen LogP contribution in [0.5, 0.6) is 0 Å². The molecule has 1 unspecified atom stereocenters. The summed E-state index contributed by atoms with van der Waals surface area (Å²) in [4.78, 5) is 26.1. The van der Waals surface area contributed by atoms with E-state index >= 15 is 0 Å². The summed E-state index contributed by atoms with van der Waals surface area (Å²) in [7, 11) is 0. The number of hydrogen-bond acceptors (Lipinski definition) is 3. The second-order valence-corrected chi connectivity index (χ2v) is 6.02. The van der Waals surface area contributed by atoms with Crippen molar-refractivity contribution in [2.45, 2.75) is 66.5 Å². The molecule has 20 heavy (non-hydrogen) atoms. The van der Waals surface area contributed by atoms with Gasteiger partial charge in [-0.05, 0) is 40.5 Å². The Morgan fingerprint density at radius 1 is 1.15 bits per heavy atom. The lowest BCUT2D eigenvalue weighted by Crippen LogP contribution is -2.52. The number of nitrogens with zero attached hydrogens (tertiary/aromatic N) is 1. The first-order chi connectivity index (χ1) is 9.16. The number of carbonyl (C=O) groups is 2. The lowest BCUT2D eigenvalue weighted by Gasteiger charge is -2.30. The summed E-state index contributed by atoms with van der Waals surface area (Å²) in [5.74, 6) is 0.0193. The van der Waals surface area contributed by atoms with E-state index in [1.807, 2.05) is 27.7 Å². The van der Waals surface area contributed by atoms with Crippen molar-refractivity contribution in [3.8, 4) is 0 Å². The van der Waals surface area contributed by atoms with Crippen LogP contribution in [0.15, 0.2) is 0 Å². The number of likely N-dealkylation sites (N-methyl/N-ethyl adjacent to an activating group) is 1. The van der Waals surface area contributed by atoms with E-state index in [4.69, 9.17) is 4.74 Å². The van der Waals surface area contributed by atoms with Crippen molar-refractivity contribution in [2.75, 3.05) is 13.1 Å². The largest absolute Gasteiger partial charge is 0.444 e. The predicted molar refractivity (Wildman–Crippen MR) is 80.5 cm³/mol. The van der Waals surface area contributed by atoms with E-state index in [1.165, 1.54) is 0 Å². The van der Waals surface area contributed by atoms with Crippen LogP contribution in [-0.2, 0) is 9.53 Å². The van der Waals surface area contributed by atoms with Crippen LogP contribution in [0.4, 0.5) is 4.79 Å². The van der Waals surface area contributed by atoms with Crippen LogP contribution in [-0.4, -0.2) is 41.6 Å². The first-order valence-electron chi connectivity index (χ1n) is 7.44. The van der Waals surface area contributed by atoms with Gasteiger partial charge in [0.05, 0.1) is 0 Å². The third-order valence-corrected chi connectivity index (χ3v) is 3.23. The van der Waals surface area contributed by atoms with Crippen LogP contribution in [0.1, 0.15) is 54.9 Å². The highest BCUT2D eigenvalue weighted by molar-refractivity contribution is 5.86. The maximum atomic E-state index is 12.5. The highest BCUT2D eigenvalue weighted by atomic mass is 16.6. The minimum absolute atomic E-state index is 0.0461. The average molecular weight is 286 g/mol. The highest BCUT2D eigenvalue weighted by Gasteiger charge is 2.30. The van der Waals surface area contributed by atoms with Gasteiger partial charge < -0.3 is 15.0 Å². The van der Waals surface area contributed by atoms with Crippen LogP contribution in [0.3, 0.4) is 0 Å². The number of ether oxygens (including phenoxy) is 1. The third kappa shape index (κ3) is 6.26. The Bertz CT molecular complexity index is 320. The quantitative estimate of drug-likeness (QED) is 0.817. The number of hydrogen-bond donors (Lipinski definition) is 1. The second kappa shape index (κ2) is 8.12. The molecular weight excluding hydrogens is 256 g/mol. The van der Waals surface area contributed by atoms with Crippen molar-refractivity contribution in [1.82, 2.24) is 10.2 Å². The van der Waals surface area contributed by atoms with Gasteiger partial charge in [-0.3, -0.25) is 4.79 Å². The van der Waals surface area contributed by atoms with E-state index in [2.05, 4.69) is 5.32 Å². The van der Waals surface area contributed by atoms with Crippen molar-refractivity contribution < 1.29 is 14.3 Å². The Morgan fingerprint density at radius 3 is 2.00 bits per heavy atom. The van der Waals surface area contributed by atoms with Gasteiger partial charge in [0.15, 0.2) is 0 Å². The summed E-state index contributed by atoms with van der Waals surface area (Å²) in [6.45, 7) is 14.5. The molecule has 0 aliphatic rings. The van der Waals surface area contributed by atoms with Gasteiger partial charge in [-0.15, -0.1) is 0 Å². The van der Waals surface area contributed by atoms with Gasteiger partial charge >= 0.3 is 6.09 Å². The lowest BCUT2D eigenvalue weighted by molar-refractivity contribution is -0.134. The van der Waals surface area contributed by atoms with Crippen molar-refractivity contribution in [1.29, 1.82) is 0 Å². The zero-order valence-corrected chi connectivity index (χ0v) is 13.9. The molecule has 0 heterocycles. The van der Waals surface area contributed by atoms with Crippen molar-refractivity contribution in [3.05, 3.63) is 0 Å². The molecule has 5 nitrogen and oxygen atoms in total. The van der Waals surface area contributed by atoms with E-state index in [-0.39, 0.29) is 11.8 Å². The van der Waals surface area contributed by atoms with Gasteiger partial charge in [0, 0.05) is 13.1 Å². The first kappa shape index (κ1) is 18.7. The Morgan fingerprint density at radius 2 is 1.65 bits per heavy atom. The Labute approximate surface area is 123 Å². The van der Waals surface area contributed by atoms with Crippen LogP contribution in [0.25, 0.3) is 0 Å². The maximum absolute atomic E-state index is 12.5. The zero-order chi connectivity index (χ0) is 15.9. The van der Waals surface area contributed by atoms with Gasteiger partial charge in [0.2, 0.25) is 5.91 Å². The van der Waals surface area contributed by atoms with Gasteiger partial charge in [-0.25, -0.2) is 4.79 Å². The molecule has 0 radical (unpaired) electrons. The standard InChI is InChI=1S/C15H30N2O3/c1-8-11(4)12(13(18)17(9-2)10-3)16-14(19)20-15(5,6)7/h11-12H,8-10H2,1-7H3,(H,16,19)/t11?,12-/m0/s1. The molecule has 0 bridgehead atoms. The molecule has 0 rings (SSSR count). The molecule has 5 heteroatoms. The Balaban J connectivity index is 4.90. The summed E-state index contributed by atoms with van der Waals surface area (Å²) < 4.78 is 5.24. The number of nitrogens with one attached hydrogen (secondary N) is 1. The molecule has 0 fully saturated rings. The highest BCUT2D eigenvalue weighted by Crippen LogP contribution is 2.13. The van der Waals surface area contributed by atoms with Crippen LogP contribution >= 0.6 is 0 Å². The molecule has 0 aliphatic carbocycles.